The maximum absolute atomic E-state index is 11.6. The molecule has 4 nitrogen and oxygen atoms in total. The SMILES string of the molecule is Nc1ccc(OC(=O)c2ccccc2)cn1. The van der Waals surface area contributed by atoms with Crippen LogP contribution in [0.5, 0.6) is 5.75 Å². The number of benzene rings is 1. The Morgan fingerprint density at radius 3 is 2.50 bits per heavy atom. The average Bonchev–Trinajstić information content (AvgIpc) is 2.33. The van der Waals surface area contributed by atoms with Crippen molar-refractivity contribution in [3.05, 3.63) is 54.2 Å². The van der Waals surface area contributed by atoms with Gasteiger partial charge in [-0.2, -0.15) is 0 Å². The molecule has 0 atom stereocenters. The number of nitrogens with zero attached hydrogens (tertiary/aromatic N) is 1. The number of pyridine rings is 1. The van der Waals surface area contributed by atoms with Gasteiger partial charge in [-0.3, -0.25) is 0 Å². The number of aromatic nitrogens is 1. The molecule has 1 aromatic heterocycles. The summed E-state index contributed by atoms with van der Waals surface area (Å²) in [5.41, 5.74) is 5.92. The number of carbonyl (C=O) groups excluding carboxylic acids is 1. The van der Waals surface area contributed by atoms with E-state index < -0.39 is 5.97 Å². The highest BCUT2D eigenvalue weighted by Crippen LogP contribution is 2.12. The second-order valence-electron chi connectivity index (χ2n) is 3.17. The van der Waals surface area contributed by atoms with Crippen molar-refractivity contribution in [3.63, 3.8) is 0 Å². The van der Waals surface area contributed by atoms with Crippen molar-refractivity contribution in [2.24, 2.45) is 0 Å². The second kappa shape index (κ2) is 4.44. The van der Waals surface area contributed by atoms with Crippen LogP contribution in [0.1, 0.15) is 10.4 Å². The van der Waals surface area contributed by atoms with Gasteiger partial charge in [0.25, 0.3) is 0 Å². The first kappa shape index (κ1) is 10.2. The molecule has 2 N–H and O–H groups in total. The van der Waals surface area contributed by atoms with E-state index in [0.29, 0.717) is 17.1 Å². The van der Waals surface area contributed by atoms with Gasteiger partial charge >= 0.3 is 5.97 Å². The summed E-state index contributed by atoms with van der Waals surface area (Å²) in [4.78, 5) is 15.4. The molecule has 1 aromatic carbocycles. The number of anilines is 1. The monoisotopic (exact) mass is 214 g/mol. The van der Waals surface area contributed by atoms with Crippen LogP contribution in [0.25, 0.3) is 0 Å². The van der Waals surface area contributed by atoms with Crippen molar-refractivity contribution >= 4 is 11.8 Å². The number of nitrogen functional groups attached to an aromatic ring is 1. The van der Waals surface area contributed by atoms with Crippen molar-refractivity contribution in [2.75, 3.05) is 5.73 Å². The Bertz CT molecular complexity index is 480. The van der Waals surface area contributed by atoms with Gasteiger partial charge < -0.3 is 10.5 Å². The van der Waals surface area contributed by atoms with E-state index in [0.717, 1.165) is 0 Å². The third-order valence-electron chi connectivity index (χ3n) is 1.98. The van der Waals surface area contributed by atoms with Crippen molar-refractivity contribution in [3.8, 4) is 5.75 Å². The highest BCUT2D eigenvalue weighted by molar-refractivity contribution is 5.90. The molecule has 2 rings (SSSR count). The van der Waals surface area contributed by atoms with Gasteiger partial charge in [0.1, 0.15) is 11.6 Å². The largest absolute Gasteiger partial charge is 0.421 e. The normalized spacial score (nSPS) is 9.75. The van der Waals surface area contributed by atoms with E-state index in [9.17, 15) is 4.79 Å². The lowest BCUT2D eigenvalue weighted by Gasteiger charge is -2.03. The molecule has 0 aliphatic rings. The van der Waals surface area contributed by atoms with Crippen LogP contribution in [-0.2, 0) is 0 Å². The maximum atomic E-state index is 11.6. The lowest BCUT2D eigenvalue weighted by molar-refractivity contribution is 0.0734. The molecule has 2 aromatic rings. The van der Waals surface area contributed by atoms with Crippen LogP contribution in [0, 0.1) is 0 Å². The Balaban J connectivity index is 2.11. The van der Waals surface area contributed by atoms with Crippen LogP contribution >= 0.6 is 0 Å². The zero-order valence-electron chi connectivity index (χ0n) is 8.46. The van der Waals surface area contributed by atoms with Crippen LogP contribution in [0.15, 0.2) is 48.7 Å². The summed E-state index contributed by atoms with van der Waals surface area (Å²) < 4.78 is 5.10. The molecular formula is C12H10N2O2. The van der Waals surface area contributed by atoms with E-state index in [4.69, 9.17) is 10.5 Å². The molecule has 0 aliphatic carbocycles. The summed E-state index contributed by atoms with van der Waals surface area (Å²) in [6, 6.07) is 11.9. The third kappa shape index (κ3) is 2.36. The van der Waals surface area contributed by atoms with Gasteiger partial charge in [-0.1, -0.05) is 18.2 Å². The van der Waals surface area contributed by atoms with E-state index in [1.54, 1.807) is 36.4 Å². The fraction of sp³-hybridized carbons (Fsp3) is 0. The Labute approximate surface area is 92.7 Å². The lowest BCUT2D eigenvalue weighted by atomic mass is 10.2. The van der Waals surface area contributed by atoms with Crippen molar-refractivity contribution < 1.29 is 9.53 Å². The molecule has 16 heavy (non-hydrogen) atoms. The van der Waals surface area contributed by atoms with Gasteiger partial charge in [-0.25, -0.2) is 9.78 Å². The minimum atomic E-state index is -0.410. The number of nitrogens with two attached hydrogens (primary N) is 1. The Hall–Kier alpha value is -2.36. The number of ether oxygens (including phenoxy) is 1. The fourth-order valence-electron chi connectivity index (χ4n) is 1.19. The van der Waals surface area contributed by atoms with Crippen LogP contribution in [0.2, 0.25) is 0 Å². The van der Waals surface area contributed by atoms with Crippen molar-refractivity contribution in [2.45, 2.75) is 0 Å². The first-order chi connectivity index (χ1) is 7.75. The van der Waals surface area contributed by atoms with E-state index in [1.165, 1.54) is 6.20 Å². The van der Waals surface area contributed by atoms with E-state index in [1.807, 2.05) is 6.07 Å². The van der Waals surface area contributed by atoms with Gasteiger partial charge in [-0.05, 0) is 24.3 Å². The minimum absolute atomic E-state index is 0.378. The number of esters is 1. The number of hydrogen-bond donors (Lipinski definition) is 1. The Morgan fingerprint density at radius 1 is 1.12 bits per heavy atom. The van der Waals surface area contributed by atoms with Crippen LogP contribution in [0.3, 0.4) is 0 Å². The van der Waals surface area contributed by atoms with Crippen LogP contribution in [0.4, 0.5) is 5.82 Å². The standard InChI is InChI=1S/C12H10N2O2/c13-11-7-6-10(8-14-11)16-12(15)9-4-2-1-3-5-9/h1-8H,(H2,13,14). The summed E-state index contributed by atoms with van der Waals surface area (Å²) in [7, 11) is 0. The molecule has 0 bridgehead atoms. The van der Waals surface area contributed by atoms with Crippen LogP contribution < -0.4 is 10.5 Å². The summed E-state index contributed by atoms with van der Waals surface area (Å²) >= 11 is 0. The number of rotatable bonds is 2. The first-order valence-corrected chi connectivity index (χ1v) is 4.74. The zero-order valence-corrected chi connectivity index (χ0v) is 8.46. The van der Waals surface area contributed by atoms with Crippen molar-refractivity contribution in [1.29, 1.82) is 0 Å². The van der Waals surface area contributed by atoms with E-state index in [-0.39, 0.29) is 0 Å². The molecule has 1 heterocycles. The van der Waals surface area contributed by atoms with Crippen LogP contribution in [-0.4, -0.2) is 11.0 Å². The predicted molar refractivity (Wildman–Crippen MR) is 60.0 cm³/mol. The molecule has 0 aliphatic heterocycles. The van der Waals surface area contributed by atoms with Gasteiger partial charge in [0.15, 0.2) is 0 Å². The predicted octanol–water partition coefficient (Wildman–Crippen LogP) is 1.88. The summed E-state index contributed by atoms with van der Waals surface area (Å²) in [5.74, 6) is 0.356. The topological polar surface area (TPSA) is 65.2 Å². The molecule has 0 saturated carbocycles. The van der Waals surface area contributed by atoms with E-state index in [2.05, 4.69) is 4.98 Å². The van der Waals surface area contributed by atoms with Gasteiger partial charge in [0.2, 0.25) is 0 Å². The number of carbonyl (C=O) groups is 1. The summed E-state index contributed by atoms with van der Waals surface area (Å²) in [6.07, 6.45) is 1.41. The first-order valence-electron chi connectivity index (χ1n) is 4.74. The smallest absolute Gasteiger partial charge is 0.343 e. The molecule has 0 fully saturated rings. The maximum Gasteiger partial charge on any atom is 0.343 e. The molecule has 0 spiro atoms. The summed E-state index contributed by atoms with van der Waals surface area (Å²) in [5, 5.41) is 0. The molecule has 80 valence electrons. The fourth-order valence-corrected chi connectivity index (χ4v) is 1.19. The van der Waals surface area contributed by atoms with Gasteiger partial charge in [-0.15, -0.1) is 0 Å². The molecule has 4 heteroatoms. The number of hydrogen-bond acceptors (Lipinski definition) is 4. The molecule has 0 saturated heterocycles. The molecular weight excluding hydrogens is 204 g/mol. The minimum Gasteiger partial charge on any atom is -0.421 e. The highest BCUT2D eigenvalue weighted by atomic mass is 16.5. The lowest BCUT2D eigenvalue weighted by Crippen LogP contribution is -2.08. The van der Waals surface area contributed by atoms with Gasteiger partial charge in [0, 0.05) is 0 Å². The quantitative estimate of drug-likeness (QED) is 0.775. The third-order valence-corrected chi connectivity index (χ3v) is 1.98. The Kier molecular flexibility index (Phi) is 2.82. The van der Waals surface area contributed by atoms with E-state index >= 15 is 0 Å². The highest BCUT2D eigenvalue weighted by Gasteiger charge is 2.07. The molecule has 0 unspecified atom stereocenters. The van der Waals surface area contributed by atoms with Gasteiger partial charge in [0.05, 0.1) is 11.8 Å². The summed E-state index contributed by atoms with van der Waals surface area (Å²) in [6.45, 7) is 0. The molecule has 0 amide bonds. The van der Waals surface area contributed by atoms with Crippen molar-refractivity contribution in [1.82, 2.24) is 4.98 Å². The Morgan fingerprint density at radius 2 is 1.88 bits per heavy atom. The zero-order chi connectivity index (χ0) is 11.4. The average molecular weight is 214 g/mol. The molecule has 0 radical (unpaired) electrons. The second-order valence-corrected chi connectivity index (χ2v) is 3.17.